The number of H-pyrrole nitrogens is 1. The molecule has 56 valence electrons. The third kappa shape index (κ3) is 1.84. The average Bonchev–Trinajstić information content (AvgIpc) is 2.40. The highest BCUT2D eigenvalue weighted by Gasteiger charge is 2.01. The van der Waals surface area contributed by atoms with Crippen LogP contribution in [0.3, 0.4) is 0 Å². The van der Waals surface area contributed by atoms with Crippen molar-refractivity contribution in [3.63, 3.8) is 0 Å². The summed E-state index contributed by atoms with van der Waals surface area (Å²) in [5, 5.41) is 15.3. The van der Waals surface area contributed by atoms with E-state index in [4.69, 9.17) is 5.11 Å². The number of hydrogen-bond donors (Lipinski definition) is 2. The minimum Gasteiger partial charge on any atom is -0.396 e. The van der Waals surface area contributed by atoms with E-state index in [2.05, 4.69) is 10.2 Å². The molecule has 0 fully saturated rings. The smallest absolute Gasteiger partial charge is 0.0490 e. The summed E-state index contributed by atoms with van der Waals surface area (Å²) in [5.74, 6) is 0.320. The Bertz CT molecular complexity index is 172. The number of rotatable bonds is 3. The molecule has 1 aromatic rings. The van der Waals surface area contributed by atoms with E-state index in [0.717, 1.165) is 12.1 Å². The normalized spacial score (nSPS) is 13.4. The molecule has 1 rings (SSSR count). The Morgan fingerprint density at radius 1 is 1.80 bits per heavy atom. The van der Waals surface area contributed by atoms with Crippen molar-refractivity contribution in [2.24, 2.45) is 5.92 Å². The third-order valence-electron chi connectivity index (χ3n) is 1.44. The second-order valence-electron chi connectivity index (χ2n) is 2.57. The Kier molecular flexibility index (Phi) is 2.45. The molecule has 0 aliphatic rings. The summed E-state index contributed by atoms with van der Waals surface area (Å²) >= 11 is 0. The van der Waals surface area contributed by atoms with Gasteiger partial charge in [0.25, 0.3) is 0 Å². The van der Waals surface area contributed by atoms with E-state index in [-0.39, 0.29) is 6.61 Å². The fraction of sp³-hybridized carbons (Fsp3) is 0.571. The van der Waals surface area contributed by atoms with Crippen LogP contribution >= 0.6 is 0 Å². The van der Waals surface area contributed by atoms with Gasteiger partial charge in [-0.05, 0) is 18.4 Å². The number of aliphatic hydroxyl groups is 1. The lowest BCUT2D eigenvalue weighted by atomic mass is 10.1. The van der Waals surface area contributed by atoms with Crippen LogP contribution in [0.4, 0.5) is 0 Å². The summed E-state index contributed by atoms with van der Waals surface area (Å²) in [6.45, 7) is 2.24. The first-order valence-electron chi connectivity index (χ1n) is 3.42. The van der Waals surface area contributed by atoms with E-state index < -0.39 is 0 Å². The summed E-state index contributed by atoms with van der Waals surface area (Å²) in [6.07, 6.45) is 2.59. The molecule has 1 heterocycles. The SMILES string of the molecule is C[C@@H](CO)Cc1ccn[nH]1. The number of aliphatic hydroxyl groups excluding tert-OH is 1. The number of nitrogens with one attached hydrogen (secondary N) is 1. The zero-order valence-corrected chi connectivity index (χ0v) is 6.04. The molecule has 0 radical (unpaired) electrons. The molecule has 0 aromatic carbocycles. The van der Waals surface area contributed by atoms with Crippen molar-refractivity contribution >= 4 is 0 Å². The van der Waals surface area contributed by atoms with Gasteiger partial charge in [0, 0.05) is 18.5 Å². The first-order chi connectivity index (χ1) is 4.83. The lowest BCUT2D eigenvalue weighted by molar-refractivity contribution is 0.236. The van der Waals surface area contributed by atoms with Gasteiger partial charge in [-0.15, -0.1) is 0 Å². The molecule has 1 aromatic heterocycles. The van der Waals surface area contributed by atoms with Crippen molar-refractivity contribution in [1.82, 2.24) is 10.2 Å². The van der Waals surface area contributed by atoms with Crippen molar-refractivity contribution in [1.29, 1.82) is 0 Å². The lowest BCUT2D eigenvalue weighted by Gasteiger charge is -2.03. The van der Waals surface area contributed by atoms with Crippen LogP contribution in [0.2, 0.25) is 0 Å². The third-order valence-corrected chi connectivity index (χ3v) is 1.44. The highest BCUT2D eigenvalue weighted by atomic mass is 16.3. The van der Waals surface area contributed by atoms with E-state index in [1.807, 2.05) is 13.0 Å². The van der Waals surface area contributed by atoms with Crippen molar-refractivity contribution in [2.45, 2.75) is 13.3 Å². The molecule has 0 saturated heterocycles. The zero-order valence-electron chi connectivity index (χ0n) is 6.04. The quantitative estimate of drug-likeness (QED) is 0.645. The van der Waals surface area contributed by atoms with Gasteiger partial charge in [-0.2, -0.15) is 5.10 Å². The molecule has 0 spiro atoms. The van der Waals surface area contributed by atoms with Crippen LogP contribution < -0.4 is 0 Å². The Morgan fingerprint density at radius 3 is 3.10 bits per heavy atom. The van der Waals surface area contributed by atoms with E-state index in [9.17, 15) is 0 Å². The van der Waals surface area contributed by atoms with Crippen LogP contribution in [0, 0.1) is 5.92 Å². The number of hydrogen-bond acceptors (Lipinski definition) is 2. The number of nitrogens with zero attached hydrogens (tertiary/aromatic N) is 1. The zero-order chi connectivity index (χ0) is 7.40. The summed E-state index contributed by atoms with van der Waals surface area (Å²) in [5.41, 5.74) is 1.08. The monoisotopic (exact) mass is 140 g/mol. The second kappa shape index (κ2) is 3.37. The molecule has 2 N–H and O–H groups in total. The molecule has 0 aliphatic carbocycles. The Labute approximate surface area is 60.1 Å². The van der Waals surface area contributed by atoms with Crippen LogP contribution in [0.25, 0.3) is 0 Å². The van der Waals surface area contributed by atoms with Crippen LogP contribution in [-0.4, -0.2) is 21.9 Å². The standard InChI is InChI=1S/C7H12N2O/c1-6(5-10)4-7-2-3-8-9-7/h2-3,6,10H,4-5H2,1H3,(H,8,9)/t6-/m1/s1. The maximum absolute atomic E-state index is 8.70. The van der Waals surface area contributed by atoms with Gasteiger partial charge in [0.05, 0.1) is 0 Å². The fourth-order valence-corrected chi connectivity index (χ4v) is 0.838. The minimum absolute atomic E-state index is 0.235. The van der Waals surface area contributed by atoms with E-state index in [0.29, 0.717) is 5.92 Å². The molecular formula is C7H12N2O. The van der Waals surface area contributed by atoms with Gasteiger partial charge in [-0.25, -0.2) is 0 Å². The van der Waals surface area contributed by atoms with Gasteiger partial charge < -0.3 is 5.11 Å². The molecule has 0 saturated carbocycles. The van der Waals surface area contributed by atoms with Gasteiger partial charge in [-0.3, -0.25) is 5.10 Å². The maximum Gasteiger partial charge on any atom is 0.0490 e. The predicted molar refractivity (Wildman–Crippen MR) is 38.5 cm³/mol. The summed E-state index contributed by atoms with van der Waals surface area (Å²) < 4.78 is 0. The molecule has 0 aliphatic heterocycles. The molecular weight excluding hydrogens is 128 g/mol. The van der Waals surface area contributed by atoms with Gasteiger partial charge >= 0.3 is 0 Å². The molecule has 0 amide bonds. The number of aromatic nitrogens is 2. The van der Waals surface area contributed by atoms with Crippen LogP contribution in [0.15, 0.2) is 12.3 Å². The second-order valence-corrected chi connectivity index (χ2v) is 2.57. The first-order valence-corrected chi connectivity index (χ1v) is 3.42. The Hall–Kier alpha value is -0.830. The van der Waals surface area contributed by atoms with Gasteiger partial charge in [0.1, 0.15) is 0 Å². The van der Waals surface area contributed by atoms with E-state index >= 15 is 0 Å². The summed E-state index contributed by atoms with van der Waals surface area (Å²) in [7, 11) is 0. The van der Waals surface area contributed by atoms with Gasteiger partial charge in [0.15, 0.2) is 0 Å². The number of aromatic amines is 1. The lowest BCUT2D eigenvalue weighted by Crippen LogP contribution is -2.04. The predicted octanol–water partition coefficient (Wildman–Crippen LogP) is 0.581. The molecule has 1 atom stereocenters. The fourth-order valence-electron chi connectivity index (χ4n) is 0.838. The molecule has 3 heteroatoms. The Balaban J connectivity index is 2.40. The van der Waals surface area contributed by atoms with Crippen molar-refractivity contribution in [3.05, 3.63) is 18.0 Å². The van der Waals surface area contributed by atoms with Crippen molar-refractivity contribution < 1.29 is 5.11 Å². The summed E-state index contributed by atoms with van der Waals surface area (Å²) in [4.78, 5) is 0. The van der Waals surface area contributed by atoms with Gasteiger partial charge in [-0.1, -0.05) is 6.92 Å². The molecule has 3 nitrogen and oxygen atoms in total. The average molecular weight is 140 g/mol. The largest absolute Gasteiger partial charge is 0.396 e. The molecule has 10 heavy (non-hydrogen) atoms. The van der Waals surface area contributed by atoms with E-state index in [1.165, 1.54) is 0 Å². The highest BCUT2D eigenvalue weighted by molar-refractivity contribution is 4.98. The van der Waals surface area contributed by atoms with Crippen molar-refractivity contribution in [3.8, 4) is 0 Å². The first kappa shape index (κ1) is 7.28. The highest BCUT2D eigenvalue weighted by Crippen LogP contribution is 2.02. The topological polar surface area (TPSA) is 48.9 Å². The van der Waals surface area contributed by atoms with Crippen LogP contribution in [-0.2, 0) is 6.42 Å². The Morgan fingerprint density at radius 2 is 2.60 bits per heavy atom. The van der Waals surface area contributed by atoms with E-state index in [1.54, 1.807) is 6.20 Å². The van der Waals surface area contributed by atoms with Crippen LogP contribution in [0.1, 0.15) is 12.6 Å². The molecule has 0 unspecified atom stereocenters. The molecule has 0 bridgehead atoms. The van der Waals surface area contributed by atoms with Crippen molar-refractivity contribution in [2.75, 3.05) is 6.61 Å². The summed E-state index contributed by atoms with van der Waals surface area (Å²) in [6, 6.07) is 1.92. The van der Waals surface area contributed by atoms with Crippen LogP contribution in [0.5, 0.6) is 0 Å². The minimum atomic E-state index is 0.235. The van der Waals surface area contributed by atoms with Gasteiger partial charge in [0.2, 0.25) is 0 Å². The maximum atomic E-state index is 8.70.